The summed E-state index contributed by atoms with van der Waals surface area (Å²) in [5.74, 6) is 0.274. The third-order valence-electron chi connectivity index (χ3n) is 4.93. The Morgan fingerprint density at radius 2 is 1.70 bits per heavy atom. The number of rotatable bonds is 11. The molecule has 1 N–H and O–H groups in total. The number of ketones is 1. The zero-order valence-corrected chi connectivity index (χ0v) is 16.6. The van der Waals surface area contributed by atoms with Gasteiger partial charge in [-0.3, -0.25) is 4.79 Å². The lowest BCUT2D eigenvalue weighted by molar-refractivity contribution is -0.120. The predicted molar refractivity (Wildman–Crippen MR) is 116 cm³/mol. The molecule has 0 aliphatic rings. The molecule has 27 heavy (non-hydrogen) atoms. The highest BCUT2D eigenvalue weighted by atomic mass is 16.1. The van der Waals surface area contributed by atoms with Crippen LogP contribution in [0.3, 0.4) is 0 Å². The molecule has 2 atom stereocenters. The van der Waals surface area contributed by atoms with Gasteiger partial charge in [0.1, 0.15) is 5.78 Å². The van der Waals surface area contributed by atoms with Crippen LogP contribution in [0.5, 0.6) is 0 Å². The molecule has 0 fully saturated rings. The Hall–Kier alpha value is -2.61. The van der Waals surface area contributed by atoms with Gasteiger partial charge in [-0.1, -0.05) is 74.2 Å². The molecule has 0 saturated heterocycles. The van der Waals surface area contributed by atoms with Crippen LogP contribution in [-0.2, 0) is 11.2 Å². The standard InChI is InChI=1S/C25H31NO/c1-5-6-10-20(3)26-25(17-19(2)21(4)27)18-22-13-15-24(16-14-22)23-11-8-7-9-12-23/h5,7-9,11-16,19,25-26H,1,3,6,10,17-18H2,2,4H3/t19-,25?/m1/s1. The molecule has 0 aliphatic carbocycles. The van der Waals surface area contributed by atoms with Crippen LogP contribution in [0.25, 0.3) is 11.1 Å². The average Bonchev–Trinajstić information content (AvgIpc) is 2.67. The van der Waals surface area contributed by atoms with Gasteiger partial charge < -0.3 is 5.32 Å². The average molecular weight is 362 g/mol. The van der Waals surface area contributed by atoms with Crippen molar-refractivity contribution in [1.29, 1.82) is 0 Å². The van der Waals surface area contributed by atoms with E-state index in [0.717, 1.165) is 31.4 Å². The summed E-state index contributed by atoms with van der Waals surface area (Å²) in [5, 5.41) is 3.54. The SMILES string of the molecule is C=CCCC(=C)NC(Cc1ccc(-c2ccccc2)cc1)C[C@@H](C)C(C)=O. The number of carbonyl (C=O) groups is 1. The van der Waals surface area contributed by atoms with Crippen molar-refractivity contribution < 1.29 is 4.79 Å². The van der Waals surface area contributed by atoms with E-state index in [1.807, 2.05) is 19.1 Å². The maximum Gasteiger partial charge on any atom is 0.132 e. The summed E-state index contributed by atoms with van der Waals surface area (Å²) in [7, 11) is 0. The number of carbonyl (C=O) groups excluding carboxylic acids is 1. The first-order valence-electron chi connectivity index (χ1n) is 9.69. The number of benzene rings is 2. The van der Waals surface area contributed by atoms with Gasteiger partial charge in [-0.25, -0.2) is 0 Å². The van der Waals surface area contributed by atoms with Gasteiger partial charge >= 0.3 is 0 Å². The molecule has 0 amide bonds. The van der Waals surface area contributed by atoms with Gasteiger partial charge in [-0.05, 0) is 49.3 Å². The summed E-state index contributed by atoms with van der Waals surface area (Å²) in [6, 6.07) is 19.3. The van der Waals surface area contributed by atoms with Gasteiger partial charge in [0.15, 0.2) is 0 Å². The van der Waals surface area contributed by atoms with E-state index in [1.165, 1.54) is 16.7 Å². The lowest BCUT2D eigenvalue weighted by atomic mass is 9.93. The third kappa shape index (κ3) is 6.90. The zero-order chi connectivity index (χ0) is 19.6. The number of allylic oxidation sites excluding steroid dienone is 2. The Kier molecular flexibility index (Phi) is 8.06. The molecule has 0 saturated carbocycles. The van der Waals surface area contributed by atoms with Gasteiger partial charge in [0.25, 0.3) is 0 Å². The fourth-order valence-electron chi connectivity index (χ4n) is 3.17. The molecule has 142 valence electrons. The molecule has 0 aromatic heterocycles. The maximum atomic E-state index is 11.7. The third-order valence-corrected chi connectivity index (χ3v) is 4.93. The summed E-state index contributed by atoms with van der Waals surface area (Å²) < 4.78 is 0. The van der Waals surface area contributed by atoms with Gasteiger partial charge in [-0.2, -0.15) is 0 Å². The molecular weight excluding hydrogens is 330 g/mol. The first-order chi connectivity index (χ1) is 13.0. The van der Waals surface area contributed by atoms with Crippen LogP contribution in [0.2, 0.25) is 0 Å². The van der Waals surface area contributed by atoms with E-state index in [9.17, 15) is 4.79 Å². The smallest absolute Gasteiger partial charge is 0.132 e. The lowest BCUT2D eigenvalue weighted by Crippen LogP contribution is -2.33. The van der Waals surface area contributed by atoms with E-state index in [0.29, 0.717) is 0 Å². The number of hydrogen-bond acceptors (Lipinski definition) is 2. The van der Waals surface area contributed by atoms with Crippen molar-refractivity contribution in [2.24, 2.45) is 5.92 Å². The largest absolute Gasteiger partial charge is 0.386 e. The maximum absolute atomic E-state index is 11.7. The fourth-order valence-corrected chi connectivity index (χ4v) is 3.17. The normalized spacial score (nSPS) is 12.8. The minimum absolute atomic E-state index is 0.0401. The molecule has 0 radical (unpaired) electrons. The van der Waals surface area contributed by atoms with Crippen molar-refractivity contribution in [2.75, 3.05) is 0 Å². The fraction of sp³-hybridized carbons (Fsp3) is 0.320. The molecule has 2 nitrogen and oxygen atoms in total. The van der Waals surface area contributed by atoms with Crippen LogP contribution in [0, 0.1) is 5.92 Å². The van der Waals surface area contributed by atoms with E-state index in [2.05, 4.69) is 67.0 Å². The Morgan fingerprint density at radius 3 is 2.30 bits per heavy atom. The minimum atomic E-state index is 0.0401. The summed E-state index contributed by atoms with van der Waals surface area (Å²) in [5.41, 5.74) is 4.72. The van der Waals surface area contributed by atoms with Crippen molar-refractivity contribution in [1.82, 2.24) is 5.32 Å². The highest BCUT2D eigenvalue weighted by Crippen LogP contribution is 2.21. The molecule has 0 aliphatic heterocycles. The molecule has 2 heteroatoms. The molecule has 1 unspecified atom stereocenters. The number of nitrogens with one attached hydrogen (secondary N) is 1. The van der Waals surface area contributed by atoms with Crippen LogP contribution in [0.4, 0.5) is 0 Å². The Labute approximate surface area is 164 Å². The van der Waals surface area contributed by atoms with E-state index in [4.69, 9.17) is 0 Å². The quantitative estimate of drug-likeness (QED) is 0.501. The molecular formula is C25H31NO. The summed E-state index contributed by atoms with van der Waals surface area (Å²) in [6.07, 6.45) is 5.37. The van der Waals surface area contributed by atoms with Crippen LogP contribution in [0.15, 0.2) is 79.5 Å². The van der Waals surface area contributed by atoms with Crippen molar-refractivity contribution >= 4 is 5.78 Å². The van der Waals surface area contributed by atoms with Crippen LogP contribution >= 0.6 is 0 Å². The molecule has 2 aromatic rings. The summed E-state index contributed by atoms with van der Waals surface area (Å²) in [6.45, 7) is 11.6. The Morgan fingerprint density at radius 1 is 1.07 bits per heavy atom. The van der Waals surface area contributed by atoms with Crippen LogP contribution in [0.1, 0.15) is 38.7 Å². The van der Waals surface area contributed by atoms with Crippen molar-refractivity contribution in [3.8, 4) is 11.1 Å². The molecule has 0 spiro atoms. The van der Waals surface area contributed by atoms with Gasteiger partial charge in [0, 0.05) is 17.7 Å². The number of Topliss-reactive ketones (excluding diaryl/α,β-unsaturated/α-hetero) is 1. The molecule has 2 aromatic carbocycles. The van der Waals surface area contributed by atoms with Crippen molar-refractivity contribution in [2.45, 2.75) is 45.6 Å². The first kappa shape index (κ1) is 20.7. The Bertz CT molecular complexity index is 746. The minimum Gasteiger partial charge on any atom is -0.386 e. The lowest BCUT2D eigenvalue weighted by Gasteiger charge is -2.24. The Balaban J connectivity index is 2.07. The monoisotopic (exact) mass is 361 g/mol. The summed E-state index contributed by atoms with van der Waals surface area (Å²) in [4.78, 5) is 11.7. The van der Waals surface area contributed by atoms with Crippen molar-refractivity contribution in [3.63, 3.8) is 0 Å². The van der Waals surface area contributed by atoms with Crippen molar-refractivity contribution in [3.05, 3.63) is 85.1 Å². The van der Waals surface area contributed by atoms with Gasteiger partial charge in [0.2, 0.25) is 0 Å². The van der Waals surface area contributed by atoms with E-state index in [1.54, 1.807) is 6.92 Å². The molecule has 2 rings (SSSR count). The van der Waals surface area contributed by atoms with Gasteiger partial charge in [0.05, 0.1) is 0 Å². The summed E-state index contributed by atoms with van der Waals surface area (Å²) >= 11 is 0. The van der Waals surface area contributed by atoms with E-state index >= 15 is 0 Å². The second kappa shape index (κ2) is 10.5. The second-order valence-electron chi connectivity index (χ2n) is 7.29. The number of hydrogen-bond donors (Lipinski definition) is 1. The van der Waals surface area contributed by atoms with Crippen LogP contribution < -0.4 is 5.32 Å². The topological polar surface area (TPSA) is 29.1 Å². The second-order valence-corrected chi connectivity index (χ2v) is 7.29. The highest BCUT2D eigenvalue weighted by Gasteiger charge is 2.17. The zero-order valence-electron chi connectivity index (χ0n) is 16.6. The van der Waals surface area contributed by atoms with Gasteiger partial charge in [-0.15, -0.1) is 6.58 Å². The molecule has 0 bridgehead atoms. The van der Waals surface area contributed by atoms with E-state index in [-0.39, 0.29) is 17.7 Å². The van der Waals surface area contributed by atoms with Crippen LogP contribution in [-0.4, -0.2) is 11.8 Å². The highest BCUT2D eigenvalue weighted by molar-refractivity contribution is 5.77. The molecule has 0 heterocycles. The first-order valence-corrected chi connectivity index (χ1v) is 9.69. The predicted octanol–water partition coefficient (Wildman–Crippen LogP) is 5.95. The van der Waals surface area contributed by atoms with E-state index < -0.39 is 0 Å².